The Balaban J connectivity index is 1.93. The first-order valence-corrected chi connectivity index (χ1v) is 10.6. The van der Waals surface area contributed by atoms with Crippen LogP contribution in [0.1, 0.15) is 24.5 Å². The molecule has 1 saturated heterocycles. The Morgan fingerprint density at radius 2 is 1.88 bits per heavy atom. The normalized spacial score (nSPS) is 16.4. The third kappa shape index (κ3) is 6.09. The van der Waals surface area contributed by atoms with Crippen LogP contribution in [0.4, 0.5) is 0 Å². The Morgan fingerprint density at radius 3 is 2.44 bits per heavy atom. The zero-order valence-corrected chi connectivity index (χ0v) is 16.3. The number of hydrogen-bond acceptors (Lipinski definition) is 4. The fourth-order valence-corrected chi connectivity index (χ4v) is 3.87. The van der Waals surface area contributed by atoms with Gasteiger partial charge in [0.05, 0.1) is 6.26 Å². The Bertz CT molecular complexity index is 683. The fourth-order valence-electron chi connectivity index (χ4n) is 3.07. The number of amides is 1. The van der Waals surface area contributed by atoms with Gasteiger partial charge in [-0.05, 0) is 19.0 Å². The highest BCUT2D eigenvalue weighted by Crippen LogP contribution is 2.12. The lowest BCUT2D eigenvalue weighted by Crippen LogP contribution is -2.49. The maximum Gasteiger partial charge on any atom is 0.223 e. The number of carbonyl (C=O) groups excluding carboxylic acids is 1. The lowest BCUT2D eigenvalue weighted by Gasteiger charge is -2.34. The van der Waals surface area contributed by atoms with Crippen LogP contribution in [0.3, 0.4) is 0 Å². The van der Waals surface area contributed by atoms with E-state index in [0.717, 1.165) is 43.9 Å². The van der Waals surface area contributed by atoms with Crippen LogP contribution in [-0.4, -0.2) is 74.0 Å². The van der Waals surface area contributed by atoms with Crippen LogP contribution in [0, 0.1) is 6.92 Å². The van der Waals surface area contributed by atoms with Crippen LogP contribution in [0.5, 0.6) is 0 Å². The molecular formula is C18H29N3O3S. The van der Waals surface area contributed by atoms with E-state index in [1.165, 1.54) is 10.6 Å². The molecule has 1 aromatic carbocycles. The van der Waals surface area contributed by atoms with E-state index in [1.54, 1.807) is 0 Å². The molecule has 1 heterocycles. The highest BCUT2D eigenvalue weighted by atomic mass is 32.2. The van der Waals surface area contributed by atoms with Gasteiger partial charge in [-0.1, -0.05) is 36.8 Å². The van der Waals surface area contributed by atoms with Gasteiger partial charge in [-0.3, -0.25) is 4.79 Å². The van der Waals surface area contributed by atoms with Crippen molar-refractivity contribution in [3.63, 3.8) is 0 Å². The van der Waals surface area contributed by atoms with E-state index in [1.807, 2.05) is 36.1 Å². The number of sulfonamides is 1. The van der Waals surface area contributed by atoms with E-state index in [9.17, 15) is 13.2 Å². The van der Waals surface area contributed by atoms with E-state index in [4.69, 9.17) is 0 Å². The lowest BCUT2D eigenvalue weighted by molar-refractivity contribution is -0.133. The van der Waals surface area contributed by atoms with Crippen molar-refractivity contribution in [1.29, 1.82) is 0 Å². The summed E-state index contributed by atoms with van der Waals surface area (Å²) >= 11 is 0. The number of benzene rings is 1. The molecule has 140 valence electrons. The second kappa shape index (κ2) is 8.78. The zero-order chi connectivity index (χ0) is 18.4. The second-order valence-electron chi connectivity index (χ2n) is 6.65. The maximum absolute atomic E-state index is 12.4. The first-order chi connectivity index (χ1) is 11.8. The standard InChI is InChI=1S/C18H29N3O3S/c1-4-19-10-12-20(13-11-19)18(22)8-9-21(25(3,23)24)15-17-7-5-6-16(2)14-17/h5-7,14H,4,8-13,15H2,1-3H3. The van der Waals surface area contributed by atoms with Crippen molar-refractivity contribution >= 4 is 15.9 Å². The fraction of sp³-hybridized carbons (Fsp3) is 0.611. The summed E-state index contributed by atoms with van der Waals surface area (Å²) in [6, 6.07) is 7.79. The van der Waals surface area contributed by atoms with Crippen molar-refractivity contribution in [1.82, 2.24) is 14.1 Å². The summed E-state index contributed by atoms with van der Waals surface area (Å²) in [6.45, 7) is 8.85. The molecule has 0 saturated carbocycles. The van der Waals surface area contributed by atoms with Gasteiger partial charge in [-0.2, -0.15) is 4.31 Å². The summed E-state index contributed by atoms with van der Waals surface area (Å²) < 4.78 is 25.6. The first-order valence-electron chi connectivity index (χ1n) is 8.80. The molecule has 0 radical (unpaired) electrons. The van der Waals surface area contributed by atoms with Crippen LogP contribution in [0.25, 0.3) is 0 Å². The van der Waals surface area contributed by atoms with Gasteiger partial charge in [0.25, 0.3) is 0 Å². The zero-order valence-electron chi connectivity index (χ0n) is 15.4. The predicted molar refractivity (Wildman–Crippen MR) is 99.7 cm³/mol. The molecule has 0 aliphatic carbocycles. The van der Waals surface area contributed by atoms with Crippen molar-refractivity contribution in [3.8, 4) is 0 Å². The summed E-state index contributed by atoms with van der Waals surface area (Å²) in [5, 5.41) is 0. The van der Waals surface area contributed by atoms with E-state index >= 15 is 0 Å². The molecule has 1 amide bonds. The maximum atomic E-state index is 12.4. The third-order valence-corrected chi connectivity index (χ3v) is 5.91. The largest absolute Gasteiger partial charge is 0.340 e. The van der Waals surface area contributed by atoms with Crippen LogP contribution in [0.15, 0.2) is 24.3 Å². The van der Waals surface area contributed by atoms with Crippen molar-refractivity contribution in [2.45, 2.75) is 26.8 Å². The minimum absolute atomic E-state index is 0.0358. The number of hydrogen-bond donors (Lipinski definition) is 0. The average Bonchev–Trinajstić information content (AvgIpc) is 2.57. The molecule has 25 heavy (non-hydrogen) atoms. The van der Waals surface area contributed by atoms with E-state index in [-0.39, 0.29) is 18.9 Å². The van der Waals surface area contributed by atoms with Gasteiger partial charge in [-0.25, -0.2) is 8.42 Å². The molecular weight excluding hydrogens is 338 g/mol. The number of carbonyl (C=O) groups is 1. The molecule has 2 rings (SSSR count). The Morgan fingerprint density at radius 1 is 1.20 bits per heavy atom. The highest BCUT2D eigenvalue weighted by molar-refractivity contribution is 7.88. The van der Waals surface area contributed by atoms with Crippen molar-refractivity contribution in [3.05, 3.63) is 35.4 Å². The lowest BCUT2D eigenvalue weighted by atomic mass is 10.1. The smallest absolute Gasteiger partial charge is 0.223 e. The van der Waals surface area contributed by atoms with Gasteiger partial charge < -0.3 is 9.80 Å². The number of nitrogens with zero attached hydrogens (tertiary/aromatic N) is 3. The summed E-state index contributed by atoms with van der Waals surface area (Å²) in [7, 11) is -3.36. The number of piperazine rings is 1. The van der Waals surface area contributed by atoms with Gasteiger partial charge in [-0.15, -0.1) is 0 Å². The molecule has 0 atom stereocenters. The molecule has 0 spiro atoms. The summed E-state index contributed by atoms with van der Waals surface area (Å²) in [4.78, 5) is 16.6. The summed E-state index contributed by atoms with van der Waals surface area (Å²) in [5.74, 6) is 0.0358. The minimum atomic E-state index is -3.36. The molecule has 0 unspecified atom stereocenters. The van der Waals surface area contributed by atoms with E-state index < -0.39 is 10.0 Å². The van der Waals surface area contributed by atoms with E-state index in [0.29, 0.717) is 6.54 Å². The van der Waals surface area contributed by atoms with Gasteiger partial charge in [0.2, 0.25) is 15.9 Å². The van der Waals surface area contributed by atoms with Crippen molar-refractivity contribution in [2.24, 2.45) is 0 Å². The number of aryl methyl sites for hydroxylation is 1. The minimum Gasteiger partial charge on any atom is -0.340 e. The average molecular weight is 368 g/mol. The molecule has 0 bridgehead atoms. The van der Waals surface area contributed by atoms with Gasteiger partial charge in [0, 0.05) is 45.7 Å². The SMILES string of the molecule is CCN1CCN(C(=O)CCN(Cc2cccc(C)c2)S(C)(=O)=O)CC1. The molecule has 1 aromatic rings. The Hall–Kier alpha value is -1.44. The van der Waals surface area contributed by atoms with E-state index in [2.05, 4.69) is 11.8 Å². The number of rotatable bonds is 7. The molecule has 1 aliphatic heterocycles. The first kappa shape index (κ1) is 19.9. The molecule has 7 heteroatoms. The van der Waals surface area contributed by atoms with Gasteiger partial charge >= 0.3 is 0 Å². The number of likely N-dealkylation sites (N-methyl/N-ethyl adjacent to an activating group) is 1. The molecule has 1 aliphatic rings. The summed E-state index contributed by atoms with van der Waals surface area (Å²) in [6.07, 6.45) is 1.43. The molecule has 0 N–H and O–H groups in total. The summed E-state index contributed by atoms with van der Waals surface area (Å²) in [5.41, 5.74) is 2.03. The van der Waals surface area contributed by atoms with Crippen LogP contribution >= 0.6 is 0 Å². The topological polar surface area (TPSA) is 60.9 Å². The van der Waals surface area contributed by atoms with Crippen LogP contribution < -0.4 is 0 Å². The second-order valence-corrected chi connectivity index (χ2v) is 8.63. The third-order valence-electron chi connectivity index (χ3n) is 4.66. The van der Waals surface area contributed by atoms with Gasteiger partial charge in [0.1, 0.15) is 0 Å². The molecule has 6 nitrogen and oxygen atoms in total. The van der Waals surface area contributed by atoms with Crippen LogP contribution in [0.2, 0.25) is 0 Å². The Kier molecular flexibility index (Phi) is 6.98. The van der Waals surface area contributed by atoms with Gasteiger partial charge in [0.15, 0.2) is 0 Å². The Labute approximate surface area is 151 Å². The monoisotopic (exact) mass is 367 g/mol. The predicted octanol–water partition coefficient (Wildman–Crippen LogP) is 1.31. The quantitative estimate of drug-likeness (QED) is 0.729. The molecule has 1 fully saturated rings. The van der Waals surface area contributed by atoms with Crippen molar-refractivity contribution in [2.75, 3.05) is 45.5 Å². The molecule has 0 aromatic heterocycles. The van der Waals surface area contributed by atoms with Crippen molar-refractivity contribution < 1.29 is 13.2 Å². The van der Waals surface area contributed by atoms with Crippen LogP contribution in [-0.2, 0) is 21.4 Å². The highest BCUT2D eigenvalue weighted by Gasteiger charge is 2.23.